The molecule has 0 spiro atoms. The largest absolute Gasteiger partial charge is 0.368 e. The van der Waals surface area contributed by atoms with E-state index in [4.69, 9.17) is 4.98 Å². The summed E-state index contributed by atoms with van der Waals surface area (Å²) >= 11 is 0. The Hall–Kier alpha value is -2.86. The van der Waals surface area contributed by atoms with Crippen molar-refractivity contribution in [1.29, 1.82) is 0 Å². The molecule has 0 N–H and O–H groups in total. The molecular weight excluding hydrogens is 422 g/mol. The average Bonchev–Trinajstić information content (AvgIpc) is 3.22. The molecule has 1 amide bonds. The first-order chi connectivity index (χ1) is 16.5. The zero-order valence-corrected chi connectivity index (χ0v) is 20.8. The van der Waals surface area contributed by atoms with Crippen LogP contribution in [0.1, 0.15) is 44.1 Å². The maximum atomic E-state index is 13.4. The van der Waals surface area contributed by atoms with Crippen LogP contribution in [-0.4, -0.2) is 64.5 Å². The minimum absolute atomic E-state index is 0.0932. The van der Waals surface area contributed by atoms with Crippen molar-refractivity contribution >= 4 is 22.6 Å². The predicted octanol–water partition coefficient (Wildman–Crippen LogP) is 4.49. The summed E-state index contributed by atoms with van der Waals surface area (Å²) in [5.74, 6) is 1.54. The van der Waals surface area contributed by atoms with Gasteiger partial charge in [0.25, 0.3) is 0 Å². The fraction of sp³-hybridized carbons (Fsp3) is 0.500. The van der Waals surface area contributed by atoms with E-state index in [1.807, 2.05) is 0 Å². The van der Waals surface area contributed by atoms with Crippen LogP contribution in [0.5, 0.6) is 0 Å². The van der Waals surface area contributed by atoms with Gasteiger partial charge in [0.2, 0.25) is 5.91 Å². The van der Waals surface area contributed by atoms with Gasteiger partial charge in [-0.15, -0.1) is 0 Å². The number of likely N-dealkylation sites (tertiary alicyclic amines) is 1. The van der Waals surface area contributed by atoms with E-state index in [2.05, 4.69) is 88.6 Å². The molecule has 3 aromatic rings. The lowest BCUT2D eigenvalue weighted by atomic mass is 9.96. The number of imidazole rings is 1. The standard InChI is InChI=1S/C28H37N5O/c1-21(2)33-26-13-7-5-11-24(26)29-27(33)20-30-14-8-10-23(19-30)28(34)32-17-15-31(16-18-32)25-12-6-4-9-22(25)3/h4-7,9,11-13,21,23H,8,10,14-20H2,1-3H3/t23-/m1/s1. The number of nitrogens with zero attached hydrogens (tertiary/aromatic N) is 5. The zero-order valence-electron chi connectivity index (χ0n) is 20.8. The molecular formula is C28H37N5O. The van der Waals surface area contributed by atoms with Crippen LogP contribution >= 0.6 is 0 Å². The zero-order chi connectivity index (χ0) is 23.7. The maximum absolute atomic E-state index is 13.4. The second kappa shape index (κ2) is 9.79. The molecule has 2 aliphatic rings. The Balaban J connectivity index is 1.22. The summed E-state index contributed by atoms with van der Waals surface area (Å²) in [5.41, 5.74) is 4.86. The SMILES string of the molecule is Cc1ccccc1N1CCN(C(=O)[C@@H]2CCCN(Cc3nc4ccccc4n3C(C)C)C2)CC1. The van der Waals surface area contributed by atoms with Crippen LogP contribution in [0.3, 0.4) is 0 Å². The summed E-state index contributed by atoms with van der Waals surface area (Å²) in [4.78, 5) is 25.4. The van der Waals surface area contributed by atoms with E-state index in [-0.39, 0.29) is 5.92 Å². The summed E-state index contributed by atoms with van der Waals surface area (Å²) in [6.07, 6.45) is 2.06. The van der Waals surface area contributed by atoms with Crippen LogP contribution in [0.15, 0.2) is 48.5 Å². The molecule has 2 saturated heterocycles. The Morgan fingerprint density at radius 3 is 2.50 bits per heavy atom. The van der Waals surface area contributed by atoms with Crippen molar-refractivity contribution in [1.82, 2.24) is 19.4 Å². The van der Waals surface area contributed by atoms with E-state index in [0.717, 1.165) is 70.0 Å². The molecule has 2 aliphatic heterocycles. The van der Waals surface area contributed by atoms with Crippen molar-refractivity contribution < 1.29 is 4.79 Å². The van der Waals surface area contributed by atoms with Gasteiger partial charge in [-0.25, -0.2) is 4.98 Å². The summed E-state index contributed by atoms with van der Waals surface area (Å²) in [5, 5.41) is 0. The van der Waals surface area contributed by atoms with Gasteiger partial charge in [-0.1, -0.05) is 30.3 Å². The number of carbonyl (C=O) groups is 1. The quantitative estimate of drug-likeness (QED) is 0.564. The molecule has 34 heavy (non-hydrogen) atoms. The number of fused-ring (bicyclic) bond motifs is 1. The third kappa shape index (κ3) is 4.56. The van der Waals surface area contributed by atoms with Gasteiger partial charge in [-0.3, -0.25) is 9.69 Å². The van der Waals surface area contributed by atoms with Gasteiger partial charge >= 0.3 is 0 Å². The highest BCUT2D eigenvalue weighted by Crippen LogP contribution is 2.26. The first-order valence-corrected chi connectivity index (χ1v) is 12.8. The van der Waals surface area contributed by atoms with Crippen LogP contribution in [0.4, 0.5) is 5.69 Å². The van der Waals surface area contributed by atoms with Gasteiger partial charge < -0.3 is 14.4 Å². The number of anilines is 1. The second-order valence-electron chi connectivity index (χ2n) is 10.2. The minimum Gasteiger partial charge on any atom is -0.368 e. The van der Waals surface area contributed by atoms with E-state index >= 15 is 0 Å². The number of benzene rings is 2. The van der Waals surface area contributed by atoms with Crippen LogP contribution in [0.2, 0.25) is 0 Å². The molecule has 0 saturated carbocycles. The van der Waals surface area contributed by atoms with Crippen LogP contribution in [0, 0.1) is 12.8 Å². The molecule has 3 heterocycles. The Morgan fingerprint density at radius 2 is 1.74 bits per heavy atom. The summed E-state index contributed by atoms with van der Waals surface area (Å²) in [6, 6.07) is 17.3. The number of para-hydroxylation sites is 3. The van der Waals surface area contributed by atoms with Gasteiger partial charge in [0.15, 0.2) is 0 Å². The fourth-order valence-electron chi connectivity index (χ4n) is 5.73. The van der Waals surface area contributed by atoms with Crippen molar-refractivity contribution in [2.45, 2.75) is 46.2 Å². The van der Waals surface area contributed by atoms with Gasteiger partial charge in [-0.05, 0) is 63.9 Å². The third-order valence-electron chi connectivity index (χ3n) is 7.45. The van der Waals surface area contributed by atoms with Crippen molar-refractivity contribution in [3.63, 3.8) is 0 Å². The number of rotatable bonds is 5. The Labute approximate surface area is 203 Å². The Bertz CT molecular complexity index is 1140. The molecule has 5 rings (SSSR count). The molecule has 0 radical (unpaired) electrons. The van der Waals surface area contributed by atoms with Crippen molar-refractivity contribution in [2.24, 2.45) is 5.92 Å². The van der Waals surface area contributed by atoms with Crippen molar-refractivity contribution in [3.05, 3.63) is 59.9 Å². The van der Waals surface area contributed by atoms with E-state index in [9.17, 15) is 4.79 Å². The number of aromatic nitrogens is 2. The molecule has 0 aliphatic carbocycles. The number of hydrogen-bond donors (Lipinski definition) is 0. The number of hydrogen-bond acceptors (Lipinski definition) is 4. The van der Waals surface area contributed by atoms with Crippen molar-refractivity contribution in [2.75, 3.05) is 44.2 Å². The monoisotopic (exact) mass is 459 g/mol. The Morgan fingerprint density at radius 1 is 1.00 bits per heavy atom. The molecule has 6 heteroatoms. The second-order valence-corrected chi connectivity index (χ2v) is 10.2. The fourth-order valence-corrected chi connectivity index (χ4v) is 5.73. The molecule has 6 nitrogen and oxygen atoms in total. The molecule has 0 unspecified atom stereocenters. The number of piperidine rings is 1. The Kier molecular flexibility index (Phi) is 6.59. The van der Waals surface area contributed by atoms with E-state index in [0.29, 0.717) is 11.9 Å². The predicted molar refractivity (Wildman–Crippen MR) is 138 cm³/mol. The number of aryl methyl sites for hydroxylation is 1. The third-order valence-corrected chi connectivity index (χ3v) is 7.45. The van der Waals surface area contributed by atoms with Gasteiger partial charge in [0.05, 0.1) is 23.5 Å². The van der Waals surface area contributed by atoms with E-state index in [1.165, 1.54) is 16.8 Å². The van der Waals surface area contributed by atoms with Gasteiger partial charge in [-0.2, -0.15) is 0 Å². The highest BCUT2D eigenvalue weighted by Gasteiger charge is 2.32. The molecule has 2 aromatic carbocycles. The molecule has 180 valence electrons. The molecule has 1 atom stereocenters. The summed E-state index contributed by atoms with van der Waals surface area (Å²) in [7, 11) is 0. The first kappa shape index (κ1) is 22.9. The maximum Gasteiger partial charge on any atom is 0.227 e. The van der Waals surface area contributed by atoms with Gasteiger partial charge in [0, 0.05) is 44.5 Å². The van der Waals surface area contributed by atoms with Crippen LogP contribution < -0.4 is 4.90 Å². The summed E-state index contributed by atoms with van der Waals surface area (Å²) in [6.45, 7) is 12.7. The lowest BCUT2D eigenvalue weighted by Crippen LogP contribution is -2.52. The lowest BCUT2D eigenvalue weighted by molar-refractivity contribution is -0.137. The first-order valence-electron chi connectivity index (χ1n) is 12.8. The normalized spacial score (nSPS) is 19.8. The van der Waals surface area contributed by atoms with E-state index < -0.39 is 0 Å². The van der Waals surface area contributed by atoms with Crippen LogP contribution in [-0.2, 0) is 11.3 Å². The topological polar surface area (TPSA) is 44.6 Å². The average molecular weight is 460 g/mol. The minimum atomic E-state index is 0.0932. The summed E-state index contributed by atoms with van der Waals surface area (Å²) < 4.78 is 2.35. The smallest absolute Gasteiger partial charge is 0.227 e. The number of amides is 1. The molecule has 2 fully saturated rings. The lowest BCUT2D eigenvalue weighted by Gasteiger charge is -2.40. The number of piperazine rings is 1. The molecule has 0 bridgehead atoms. The van der Waals surface area contributed by atoms with E-state index in [1.54, 1.807) is 0 Å². The van der Waals surface area contributed by atoms with Crippen LogP contribution in [0.25, 0.3) is 11.0 Å². The highest BCUT2D eigenvalue weighted by atomic mass is 16.2. The number of carbonyl (C=O) groups excluding carboxylic acids is 1. The van der Waals surface area contributed by atoms with Crippen molar-refractivity contribution in [3.8, 4) is 0 Å². The van der Waals surface area contributed by atoms with Gasteiger partial charge in [0.1, 0.15) is 5.82 Å². The molecule has 1 aromatic heterocycles. The highest BCUT2D eigenvalue weighted by molar-refractivity contribution is 5.79.